The Morgan fingerprint density at radius 1 is 1.05 bits per heavy atom. The minimum absolute atomic E-state index is 0.0363. The lowest BCUT2D eigenvalue weighted by atomic mass is 10.0. The molecule has 0 saturated heterocycles. The highest BCUT2D eigenvalue weighted by molar-refractivity contribution is 5.70. The van der Waals surface area contributed by atoms with E-state index in [2.05, 4.69) is 4.74 Å². The zero-order valence-corrected chi connectivity index (χ0v) is 12.3. The fourth-order valence-electron chi connectivity index (χ4n) is 2.04. The van der Waals surface area contributed by atoms with Crippen molar-refractivity contribution in [1.82, 2.24) is 0 Å². The highest BCUT2D eigenvalue weighted by Crippen LogP contribution is 2.29. The van der Waals surface area contributed by atoms with E-state index >= 15 is 0 Å². The van der Waals surface area contributed by atoms with Gasteiger partial charge in [-0.15, -0.1) is 0 Å². The highest BCUT2D eigenvalue weighted by atomic mass is 16.7. The van der Waals surface area contributed by atoms with Crippen molar-refractivity contribution >= 4 is 6.16 Å². The maximum absolute atomic E-state index is 10.2. The van der Waals surface area contributed by atoms with Crippen LogP contribution < -0.4 is 4.74 Å². The summed E-state index contributed by atoms with van der Waals surface area (Å²) in [5.41, 5.74) is 3.11. The van der Waals surface area contributed by atoms with Crippen LogP contribution in [0.4, 0.5) is 4.79 Å². The van der Waals surface area contributed by atoms with Crippen molar-refractivity contribution in [3.8, 4) is 16.9 Å². The molecule has 0 radical (unpaired) electrons. The Balaban J connectivity index is 1.91. The molecule has 0 fully saturated rings. The molecule has 0 aliphatic rings. The number of carboxylic acid groups (broad SMARTS) is 1. The highest BCUT2D eigenvalue weighted by Gasteiger charge is 2.04. The van der Waals surface area contributed by atoms with E-state index in [4.69, 9.17) is 14.6 Å². The summed E-state index contributed by atoms with van der Waals surface area (Å²) in [5.74, 6) is 0.831. The maximum Gasteiger partial charge on any atom is 0.505 e. The molecule has 2 aromatic carbocycles. The summed E-state index contributed by atoms with van der Waals surface area (Å²) in [6.07, 6.45) is -1.29. The van der Waals surface area contributed by atoms with E-state index in [-0.39, 0.29) is 13.2 Å². The maximum atomic E-state index is 10.2. The number of rotatable bonds is 7. The van der Waals surface area contributed by atoms with Crippen LogP contribution in [0.25, 0.3) is 11.1 Å². The third kappa shape index (κ3) is 4.49. The first-order valence-electron chi connectivity index (χ1n) is 6.86. The second-order valence-electron chi connectivity index (χ2n) is 4.56. The first kappa shape index (κ1) is 15.9. The lowest BCUT2D eigenvalue weighted by Gasteiger charge is -2.09. The van der Waals surface area contributed by atoms with Crippen LogP contribution in [0.2, 0.25) is 0 Å². The van der Waals surface area contributed by atoms with Crippen molar-refractivity contribution in [1.29, 1.82) is 0 Å². The SMILES string of the molecule is COc1ccccc1-c1ccc(COCCOC(=O)O)cc1. The van der Waals surface area contributed by atoms with E-state index < -0.39 is 6.16 Å². The molecule has 0 aliphatic heterocycles. The Hall–Kier alpha value is -2.53. The number of para-hydroxylation sites is 1. The van der Waals surface area contributed by atoms with Crippen LogP contribution in [0.15, 0.2) is 48.5 Å². The quantitative estimate of drug-likeness (QED) is 0.625. The molecule has 5 heteroatoms. The number of benzene rings is 2. The molecule has 116 valence electrons. The number of ether oxygens (including phenoxy) is 3. The van der Waals surface area contributed by atoms with E-state index in [1.165, 1.54) is 0 Å². The standard InChI is InChI=1S/C17H18O5/c1-20-16-5-3-2-4-15(16)14-8-6-13(7-9-14)12-21-10-11-22-17(18)19/h2-9H,10-12H2,1H3,(H,18,19). The molecular weight excluding hydrogens is 284 g/mol. The summed E-state index contributed by atoms with van der Waals surface area (Å²) in [6.45, 7) is 0.685. The zero-order chi connectivity index (χ0) is 15.8. The molecule has 2 aromatic rings. The van der Waals surface area contributed by atoms with Crippen LogP contribution in [0.5, 0.6) is 5.75 Å². The molecule has 22 heavy (non-hydrogen) atoms. The van der Waals surface area contributed by atoms with Crippen molar-refractivity contribution in [2.45, 2.75) is 6.61 Å². The van der Waals surface area contributed by atoms with E-state index in [0.717, 1.165) is 22.4 Å². The summed E-state index contributed by atoms with van der Waals surface area (Å²) >= 11 is 0. The van der Waals surface area contributed by atoms with Gasteiger partial charge in [-0.25, -0.2) is 4.79 Å². The molecule has 1 N–H and O–H groups in total. The predicted molar refractivity (Wildman–Crippen MR) is 82.1 cm³/mol. The van der Waals surface area contributed by atoms with Gasteiger partial charge in [0.05, 0.1) is 20.3 Å². The van der Waals surface area contributed by atoms with Crippen molar-refractivity contribution < 1.29 is 24.1 Å². The summed E-state index contributed by atoms with van der Waals surface area (Å²) in [7, 11) is 1.65. The van der Waals surface area contributed by atoms with Crippen molar-refractivity contribution in [2.75, 3.05) is 20.3 Å². The Labute approximate surface area is 129 Å². The fraction of sp³-hybridized carbons (Fsp3) is 0.235. The Morgan fingerprint density at radius 3 is 2.45 bits per heavy atom. The monoisotopic (exact) mass is 302 g/mol. The van der Waals surface area contributed by atoms with E-state index in [9.17, 15) is 4.79 Å². The summed E-state index contributed by atoms with van der Waals surface area (Å²) in [4.78, 5) is 10.2. The topological polar surface area (TPSA) is 65.0 Å². The van der Waals surface area contributed by atoms with Gasteiger partial charge in [0.25, 0.3) is 0 Å². The van der Waals surface area contributed by atoms with Gasteiger partial charge in [0.1, 0.15) is 12.4 Å². The first-order valence-corrected chi connectivity index (χ1v) is 6.86. The van der Waals surface area contributed by atoms with Crippen LogP contribution >= 0.6 is 0 Å². The lowest BCUT2D eigenvalue weighted by Crippen LogP contribution is -2.08. The first-order chi connectivity index (χ1) is 10.7. The lowest BCUT2D eigenvalue weighted by molar-refractivity contribution is 0.0424. The molecule has 0 amide bonds. The molecule has 2 rings (SSSR count). The van der Waals surface area contributed by atoms with Gasteiger partial charge in [-0.2, -0.15) is 0 Å². The third-order valence-electron chi connectivity index (χ3n) is 3.09. The van der Waals surface area contributed by atoms with Crippen LogP contribution in [-0.2, 0) is 16.1 Å². The van der Waals surface area contributed by atoms with Gasteiger partial charge >= 0.3 is 6.16 Å². The summed E-state index contributed by atoms with van der Waals surface area (Å²) < 4.78 is 15.1. The van der Waals surface area contributed by atoms with Crippen LogP contribution in [-0.4, -0.2) is 31.6 Å². The van der Waals surface area contributed by atoms with Gasteiger partial charge in [-0.05, 0) is 17.2 Å². The van der Waals surface area contributed by atoms with Gasteiger partial charge in [0, 0.05) is 5.56 Å². The molecular formula is C17H18O5. The Bertz CT molecular complexity index is 607. The average molecular weight is 302 g/mol. The van der Waals surface area contributed by atoms with Crippen LogP contribution in [0.3, 0.4) is 0 Å². The van der Waals surface area contributed by atoms with Crippen molar-refractivity contribution in [3.05, 3.63) is 54.1 Å². The number of carbonyl (C=O) groups is 1. The van der Waals surface area contributed by atoms with Gasteiger partial charge in [0.2, 0.25) is 0 Å². The van der Waals surface area contributed by atoms with Crippen molar-refractivity contribution in [2.24, 2.45) is 0 Å². The number of methoxy groups -OCH3 is 1. The molecule has 0 unspecified atom stereocenters. The second-order valence-corrected chi connectivity index (χ2v) is 4.56. The van der Waals surface area contributed by atoms with Gasteiger partial charge in [-0.1, -0.05) is 42.5 Å². The average Bonchev–Trinajstić information content (AvgIpc) is 2.55. The summed E-state index contributed by atoms with van der Waals surface area (Å²) in [6, 6.07) is 15.8. The third-order valence-corrected chi connectivity index (χ3v) is 3.09. The Morgan fingerprint density at radius 2 is 1.77 bits per heavy atom. The largest absolute Gasteiger partial charge is 0.505 e. The molecule has 0 heterocycles. The van der Waals surface area contributed by atoms with Gasteiger partial charge < -0.3 is 19.3 Å². The minimum atomic E-state index is -1.29. The molecule has 0 aliphatic carbocycles. The van der Waals surface area contributed by atoms with Crippen LogP contribution in [0.1, 0.15) is 5.56 Å². The van der Waals surface area contributed by atoms with E-state index in [1.54, 1.807) is 7.11 Å². The van der Waals surface area contributed by atoms with Gasteiger partial charge in [-0.3, -0.25) is 0 Å². The van der Waals surface area contributed by atoms with Crippen molar-refractivity contribution in [3.63, 3.8) is 0 Å². The van der Waals surface area contributed by atoms with E-state index in [1.807, 2.05) is 48.5 Å². The molecule has 0 aromatic heterocycles. The fourth-order valence-corrected chi connectivity index (χ4v) is 2.04. The molecule has 0 saturated carbocycles. The number of hydrogen-bond donors (Lipinski definition) is 1. The molecule has 5 nitrogen and oxygen atoms in total. The normalized spacial score (nSPS) is 10.2. The molecule has 0 atom stereocenters. The smallest absolute Gasteiger partial charge is 0.496 e. The van der Waals surface area contributed by atoms with Gasteiger partial charge in [0.15, 0.2) is 0 Å². The molecule has 0 spiro atoms. The second kappa shape index (κ2) is 8.05. The summed E-state index contributed by atoms with van der Waals surface area (Å²) in [5, 5.41) is 8.32. The van der Waals surface area contributed by atoms with E-state index in [0.29, 0.717) is 6.61 Å². The zero-order valence-electron chi connectivity index (χ0n) is 12.3. The minimum Gasteiger partial charge on any atom is -0.496 e. The molecule has 0 bridgehead atoms. The van der Waals surface area contributed by atoms with Crippen LogP contribution in [0, 0.1) is 0 Å². The Kier molecular flexibility index (Phi) is 5.80. The number of hydrogen-bond acceptors (Lipinski definition) is 4. The predicted octanol–water partition coefficient (Wildman–Crippen LogP) is 3.57.